The smallest absolute Gasteiger partial charge is 0.161 e. The molecular formula is C26H36O4S2. The lowest BCUT2D eigenvalue weighted by atomic mass is 10.1. The zero-order valence-electron chi connectivity index (χ0n) is 19.6. The maximum Gasteiger partial charge on any atom is 0.161 e. The van der Waals surface area contributed by atoms with Crippen LogP contribution in [0.4, 0.5) is 0 Å². The molecule has 0 spiro atoms. The van der Waals surface area contributed by atoms with Crippen LogP contribution >= 0.6 is 25.3 Å². The van der Waals surface area contributed by atoms with Crippen LogP contribution in [0.25, 0.3) is 9.81 Å². The van der Waals surface area contributed by atoms with Crippen molar-refractivity contribution in [1.82, 2.24) is 0 Å². The summed E-state index contributed by atoms with van der Waals surface area (Å²) in [4.78, 5) is 1.50. The highest BCUT2D eigenvalue weighted by Gasteiger charge is 2.13. The van der Waals surface area contributed by atoms with Crippen LogP contribution in [0.5, 0.6) is 23.0 Å². The first kappa shape index (κ1) is 26.3. The van der Waals surface area contributed by atoms with Crippen molar-refractivity contribution in [2.45, 2.75) is 53.4 Å². The monoisotopic (exact) mass is 476 g/mol. The minimum Gasteiger partial charge on any atom is -0.490 e. The third-order valence-electron chi connectivity index (χ3n) is 4.51. The standard InChI is InChI=1S/C26H36O4S2/c1-5-13-27-21-11-9-19(17-23(21)29-15-7-3)25(31)26(32)20-10-12-22(28-14-6-2)24(18-20)30-16-8-4/h9-12,17-18,31-32H,5-8,13-16H2,1-4H3/b26-25+. The van der Waals surface area contributed by atoms with Gasteiger partial charge in [-0.05, 0) is 73.2 Å². The summed E-state index contributed by atoms with van der Waals surface area (Å²) in [5, 5.41) is 0. The maximum absolute atomic E-state index is 5.93. The van der Waals surface area contributed by atoms with Gasteiger partial charge in [0.05, 0.1) is 26.4 Å². The van der Waals surface area contributed by atoms with Gasteiger partial charge in [0.25, 0.3) is 0 Å². The van der Waals surface area contributed by atoms with Gasteiger partial charge in [-0.2, -0.15) is 0 Å². The van der Waals surface area contributed by atoms with Crippen LogP contribution in [0.2, 0.25) is 0 Å². The molecule has 0 N–H and O–H groups in total. The SMILES string of the molecule is CCCOc1ccc(/C(S)=C(\S)c2ccc(OCCC)c(OCCC)c2)cc1OCCC. The first-order valence-electron chi connectivity index (χ1n) is 11.5. The van der Waals surface area contributed by atoms with Gasteiger partial charge in [0.2, 0.25) is 0 Å². The van der Waals surface area contributed by atoms with Crippen molar-refractivity contribution in [3.63, 3.8) is 0 Å². The minimum absolute atomic E-state index is 0.628. The topological polar surface area (TPSA) is 36.9 Å². The largest absolute Gasteiger partial charge is 0.490 e. The van der Waals surface area contributed by atoms with Crippen molar-refractivity contribution in [2.24, 2.45) is 0 Å². The number of ether oxygens (including phenoxy) is 4. The fourth-order valence-electron chi connectivity index (χ4n) is 2.90. The molecule has 0 aliphatic heterocycles. The molecule has 0 amide bonds. The third-order valence-corrected chi connectivity index (χ3v) is 5.65. The Morgan fingerprint density at radius 1 is 0.531 bits per heavy atom. The highest BCUT2D eigenvalue weighted by Crippen LogP contribution is 2.39. The second kappa shape index (κ2) is 14.3. The Hall–Kier alpha value is -1.92. The summed E-state index contributed by atoms with van der Waals surface area (Å²) in [6.45, 7) is 10.9. The third kappa shape index (κ3) is 7.59. The first-order chi connectivity index (χ1) is 15.5. The quantitative estimate of drug-likeness (QED) is 0.218. The van der Waals surface area contributed by atoms with Gasteiger partial charge in [0.1, 0.15) is 0 Å². The molecule has 0 fully saturated rings. The van der Waals surface area contributed by atoms with E-state index in [9.17, 15) is 0 Å². The first-order valence-corrected chi connectivity index (χ1v) is 12.4. The molecule has 2 aromatic carbocycles. The average molecular weight is 477 g/mol. The van der Waals surface area contributed by atoms with E-state index in [2.05, 4.69) is 27.7 Å². The zero-order chi connectivity index (χ0) is 23.3. The molecule has 0 aliphatic carbocycles. The van der Waals surface area contributed by atoms with Crippen LogP contribution in [0.15, 0.2) is 36.4 Å². The number of thiol groups is 2. The van der Waals surface area contributed by atoms with Crippen molar-refractivity contribution in [2.75, 3.05) is 26.4 Å². The van der Waals surface area contributed by atoms with E-state index in [4.69, 9.17) is 44.2 Å². The summed E-state index contributed by atoms with van der Waals surface area (Å²) >= 11 is 9.58. The Morgan fingerprint density at radius 2 is 0.844 bits per heavy atom. The van der Waals surface area contributed by atoms with Gasteiger partial charge in [0, 0.05) is 9.81 Å². The number of hydrogen-bond acceptors (Lipinski definition) is 6. The zero-order valence-corrected chi connectivity index (χ0v) is 21.4. The van der Waals surface area contributed by atoms with E-state index < -0.39 is 0 Å². The highest BCUT2D eigenvalue weighted by molar-refractivity contribution is 7.96. The highest BCUT2D eigenvalue weighted by atomic mass is 32.1. The summed E-state index contributed by atoms with van der Waals surface area (Å²) < 4.78 is 23.6. The van der Waals surface area contributed by atoms with Crippen molar-refractivity contribution >= 4 is 35.1 Å². The summed E-state index contributed by atoms with van der Waals surface area (Å²) in [6, 6.07) is 11.8. The van der Waals surface area contributed by atoms with E-state index >= 15 is 0 Å². The summed E-state index contributed by atoms with van der Waals surface area (Å²) in [5.41, 5.74) is 1.83. The Morgan fingerprint density at radius 3 is 1.16 bits per heavy atom. The minimum atomic E-state index is 0.628. The molecule has 0 atom stereocenters. The van der Waals surface area contributed by atoms with Gasteiger partial charge in [0.15, 0.2) is 23.0 Å². The number of benzene rings is 2. The molecule has 0 radical (unpaired) electrons. The van der Waals surface area contributed by atoms with Crippen molar-refractivity contribution in [1.29, 1.82) is 0 Å². The molecule has 176 valence electrons. The average Bonchev–Trinajstić information content (AvgIpc) is 2.83. The molecule has 32 heavy (non-hydrogen) atoms. The Balaban J connectivity index is 2.39. The molecule has 0 saturated carbocycles. The van der Waals surface area contributed by atoms with Crippen LogP contribution in [-0.2, 0) is 0 Å². The molecule has 4 nitrogen and oxygen atoms in total. The second-order valence-electron chi connectivity index (χ2n) is 7.41. The van der Waals surface area contributed by atoms with Crippen LogP contribution < -0.4 is 18.9 Å². The Kier molecular flexibility index (Phi) is 11.7. The lowest BCUT2D eigenvalue weighted by Crippen LogP contribution is -2.02. The van der Waals surface area contributed by atoms with Crippen LogP contribution in [-0.4, -0.2) is 26.4 Å². The van der Waals surface area contributed by atoms with Gasteiger partial charge in [-0.1, -0.05) is 27.7 Å². The maximum atomic E-state index is 5.93. The van der Waals surface area contributed by atoms with E-state index in [1.54, 1.807) is 0 Å². The molecule has 0 saturated heterocycles. The van der Waals surface area contributed by atoms with Gasteiger partial charge >= 0.3 is 0 Å². The number of hydrogen-bond donors (Lipinski definition) is 2. The molecule has 0 bridgehead atoms. The predicted octanol–water partition coefficient (Wildman–Crippen LogP) is 7.53. The normalized spacial score (nSPS) is 11.7. The lowest BCUT2D eigenvalue weighted by molar-refractivity contribution is 0.268. The summed E-state index contributed by atoms with van der Waals surface area (Å²) in [5.74, 6) is 2.94. The van der Waals surface area contributed by atoms with E-state index in [1.807, 2.05) is 36.4 Å². The fourth-order valence-corrected chi connectivity index (χ4v) is 3.43. The van der Waals surface area contributed by atoms with Gasteiger partial charge in [-0.3, -0.25) is 0 Å². The van der Waals surface area contributed by atoms with Crippen LogP contribution in [0.3, 0.4) is 0 Å². The fraction of sp³-hybridized carbons (Fsp3) is 0.462. The van der Waals surface area contributed by atoms with E-state index in [0.717, 1.165) is 69.6 Å². The molecule has 0 aromatic heterocycles. The van der Waals surface area contributed by atoms with Crippen LogP contribution in [0, 0.1) is 0 Å². The molecule has 0 aliphatic rings. The van der Waals surface area contributed by atoms with E-state index in [1.165, 1.54) is 0 Å². The molecular weight excluding hydrogens is 440 g/mol. The molecule has 6 heteroatoms. The van der Waals surface area contributed by atoms with Gasteiger partial charge < -0.3 is 18.9 Å². The summed E-state index contributed by atoms with van der Waals surface area (Å²) in [6.07, 6.45) is 3.72. The van der Waals surface area contributed by atoms with Gasteiger partial charge in [-0.15, -0.1) is 25.3 Å². The summed E-state index contributed by atoms with van der Waals surface area (Å²) in [7, 11) is 0. The van der Waals surface area contributed by atoms with Crippen molar-refractivity contribution in [3.8, 4) is 23.0 Å². The lowest BCUT2D eigenvalue weighted by Gasteiger charge is -2.16. The molecule has 2 aromatic rings. The second-order valence-corrected chi connectivity index (χ2v) is 8.31. The molecule has 0 heterocycles. The van der Waals surface area contributed by atoms with Crippen molar-refractivity contribution < 1.29 is 18.9 Å². The van der Waals surface area contributed by atoms with E-state index in [-0.39, 0.29) is 0 Å². The molecule has 2 rings (SSSR count). The van der Waals surface area contributed by atoms with E-state index in [0.29, 0.717) is 26.4 Å². The van der Waals surface area contributed by atoms with Gasteiger partial charge in [-0.25, -0.2) is 0 Å². The molecule has 0 unspecified atom stereocenters. The Labute approximate surface area is 204 Å². The predicted molar refractivity (Wildman–Crippen MR) is 141 cm³/mol. The Bertz CT molecular complexity index is 809. The van der Waals surface area contributed by atoms with Crippen LogP contribution in [0.1, 0.15) is 64.5 Å². The number of rotatable bonds is 14. The van der Waals surface area contributed by atoms with Crippen molar-refractivity contribution in [3.05, 3.63) is 47.5 Å².